The first-order valence-corrected chi connectivity index (χ1v) is 6.03. The third-order valence-corrected chi connectivity index (χ3v) is 3.79. The highest BCUT2D eigenvalue weighted by atomic mass is 35.5. The van der Waals surface area contributed by atoms with Gasteiger partial charge in [0, 0.05) is 23.2 Å². The fourth-order valence-corrected chi connectivity index (χ4v) is 2.34. The molecule has 1 aromatic carbocycles. The molecule has 0 saturated heterocycles. The lowest BCUT2D eigenvalue weighted by Crippen LogP contribution is -2.16. The van der Waals surface area contributed by atoms with Crippen LogP contribution in [0.5, 0.6) is 5.75 Å². The maximum Gasteiger partial charge on any atom is 0.127 e. The number of nitrogens with two attached hydrogens (primary N) is 1. The van der Waals surface area contributed by atoms with Crippen LogP contribution in [0.15, 0.2) is 0 Å². The van der Waals surface area contributed by atoms with Crippen LogP contribution in [-0.2, 0) is 0 Å². The van der Waals surface area contributed by atoms with E-state index in [2.05, 4.69) is 0 Å². The average Bonchev–Trinajstić information content (AvgIpc) is 2.31. The SMILES string of the molecule is COc1c(C)c(C)c(Cl)c(C)c1C(N)CCO. The van der Waals surface area contributed by atoms with E-state index < -0.39 is 0 Å². The quantitative estimate of drug-likeness (QED) is 0.872. The number of methoxy groups -OCH3 is 1. The number of aliphatic hydroxyl groups is 1. The minimum Gasteiger partial charge on any atom is -0.496 e. The first kappa shape index (κ1) is 14.3. The Bertz CT molecular complexity index is 419. The molecule has 0 aliphatic rings. The maximum atomic E-state index is 8.99. The van der Waals surface area contributed by atoms with Crippen LogP contribution in [0.2, 0.25) is 5.02 Å². The van der Waals surface area contributed by atoms with Crippen molar-refractivity contribution in [2.24, 2.45) is 5.73 Å². The maximum absolute atomic E-state index is 8.99. The Balaban J connectivity index is 3.46. The molecular weight excluding hydrogens is 238 g/mol. The van der Waals surface area contributed by atoms with Crippen molar-refractivity contribution in [1.29, 1.82) is 0 Å². The summed E-state index contributed by atoms with van der Waals surface area (Å²) in [5.41, 5.74) is 9.93. The van der Waals surface area contributed by atoms with E-state index in [9.17, 15) is 0 Å². The van der Waals surface area contributed by atoms with Gasteiger partial charge in [0.2, 0.25) is 0 Å². The Labute approximate surface area is 108 Å². The Morgan fingerprint density at radius 3 is 2.29 bits per heavy atom. The van der Waals surface area contributed by atoms with E-state index in [0.717, 1.165) is 33.0 Å². The zero-order valence-electron chi connectivity index (χ0n) is 10.8. The fraction of sp³-hybridized carbons (Fsp3) is 0.538. The molecule has 0 bridgehead atoms. The summed E-state index contributed by atoms with van der Waals surface area (Å²) in [6.07, 6.45) is 0.496. The van der Waals surface area contributed by atoms with Gasteiger partial charge in [-0.1, -0.05) is 11.6 Å². The first-order chi connectivity index (χ1) is 7.95. The van der Waals surface area contributed by atoms with Gasteiger partial charge in [-0.3, -0.25) is 0 Å². The summed E-state index contributed by atoms with van der Waals surface area (Å²) in [5.74, 6) is 0.783. The molecule has 0 aliphatic heterocycles. The monoisotopic (exact) mass is 257 g/mol. The van der Waals surface area contributed by atoms with Crippen LogP contribution in [0.3, 0.4) is 0 Å². The summed E-state index contributed by atoms with van der Waals surface area (Å²) in [4.78, 5) is 0. The molecule has 0 amide bonds. The van der Waals surface area contributed by atoms with Gasteiger partial charge in [0.25, 0.3) is 0 Å². The molecule has 4 heteroatoms. The van der Waals surface area contributed by atoms with E-state index in [1.54, 1.807) is 7.11 Å². The predicted molar refractivity (Wildman–Crippen MR) is 70.8 cm³/mol. The first-order valence-electron chi connectivity index (χ1n) is 5.65. The van der Waals surface area contributed by atoms with Crippen LogP contribution in [0, 0.1) is 20.8 Å². The van der Waals surface area contributed by atoms with E-state index in [4.69, 9.17) is 27.2 Å². The van der Waals surface area contributed by atoms with Crippen LogP contribution in [0.1, 0.15) is 34.7 Å². The van der Waals surface area contributed by atoms with Gasteiger partial charge in [-0.05, 0) is 43.9 Å². The highest BCUT2D eigenvalue weighted by Gasteiger charge is 2.21. The van der Waals surface area contributed by atoms with Crippen LogP contribution in [-0.4, -0.2) is 18.8 Å². The van der Waals surface area contributed by atoms with Gasteiger partial charge in [0.1, 0.15) is 5.75 Å². The van der Waals surface area contributed by atoms with Gasteiger partial charge >= 0.3 is 0 Å². The van der Waals surface area contributed by atoms with Crippen molar-refractivity contribution in [2.75, 3.05) is 13.7 Å². The van der Waals surface area contributed by atoms with Crippen molar-refractivity contribution in [1.82, 2.24) is 0 Å². The minimum atomic E-state index is -0.258. The molecule has 0 aromatic heterocycles. The Morgan fingerprint density at radius 2 is 1.82 bits per heavy atom. The molecular formula is C13H20ClNO2. The van der Waals surface area contributed by atoms with Crippen LogP contribution in [0.4, 0.5) is 0 Å². The summed E-state index contributed by atoms with van der Waals surface area (Å²) < 4.78 is 5.44. The molecule has 96 valence electrons. The number of ether oxygens (including phenoxy) is 1. The smallest absolute Gasteiger partial charge is 0.127 e. The average molecular weight is 258 g/mol. The number of aliphatic hydroxyl groups excluding tert-OH is 1. The van der Waals surface area contributed by atoms with E-state index in [1.807, 2.05) is 20.8 Å². The molecule has 0 fully saturated rings. The second-order valence-corrected chi connectivity index (χ2v) is 4.63. The summed E-state index contributed by atoms with van der Waals surface area (Å²) >= 11 is 6.29. The highest BCUT2D eigenvalue weighted by molar-refractivity contribution is 6.32. The van der Waals surface area contributed by atoms with E-state index in [-0.39, 0.29) is 12.6 Å². The van der Waals surface area contributed by atoms with Gasteiger partial charge in [-0.15, -0.1) is 0 Å². The van der Waals surface area contributed by atoms with Crippen LogP contribution < -0.4 is 10.5 Å². The zero-order valence-corrected chi connectivity index (χ0v) is 11.6. The second kappa shape index (κ2) is 5.71. The van der Waals surface area contributed by atoms with Crippen molar-refractivity contribution in [3.05, 3.63) is 27.3 Å². The Hall–Kier alpha value is -0.770. The Morgan fingerprint density at radius 1 is 1.24 bits per heavy atom. The lowest BCUT2D eigenvalue weighted by molar-refractivity contribution is 0.275. The Kier molecular flexibility index (Phi) is 4.80. The summed E-state index contributed by atoms with van der Waals surface area (Å²) in [6.45, 7) is 5.92. The number of benzene rings is 1. The number of halogens is 1. The standard InChI is InChI=1S/C13H20ClNO2/c1-7-8(2)13(17-4)11(9(3)12(7)14)10(15)5-6-16/h10,16H,5-6,15H2,1-4H3. The molecule has 1 aromatic rings. The van der Waals surface area contributed by atoms with Crippen molar-refractivity contribution in [3.63, 3.8) is 0 Å². The van der Waals surface area contributed by atoms with Gasteiger partial charge in [-0.2, -0.15) is 0 Å². The van der Waals surface area contributed by atoms with Crippen LogP contribution >= 0.6 is 11.6 Å². The molecule has 1 rings (SSSR count). The molecule has 1 unspecified atom stereocenters. The zero-order chi connectivity index (χ0) is 13.2. The number of hydrogen-bond donors (Lipinski definition) is 2. The lowest BCUT2D eigenvalue weighted by atomic mass is 9.93. The van der Waals surface area contributed by atoms with Gasteiger partial charge in [-0.25, -0.2) is 0 Å². The second-order valence-electron chi connectivity index (χ2n) is 4.25. The predicted octanol–water partition coefficient (Wildman–Crippen LogP) is 2.66. The van der Waals surface area contributed by atoms with Crippen molar-refractivity contribution in [3.8, 4) is 5.75 Å². The van der Waals surface area contributed by atoms with Gasteiger partial charge < -0.3 is 15.6 Å². The topological polar surface area (TPSA) is 55.5 Å². The van der Waals surface area contributed by atoms with E-state index in [1.165, 1.54) is 0 Å². The third-order valence-electron chi connectivity index (χ3n) is 3.23. The molecule has 1 atom stereocenters. The summed E-state index contributed by atoms with van der Waals surface area (Å²) in [7, 11) is 1.63. The molecule has 0 aliphatic carbocycles. The minimum absolute atomic E-state index is 0.0499. The highest BCUT2D eigenvalue weighted by Crippen LogP contribution is 2.39. The van der Waals surface area contributed by atoms with E-state index >= 15 is 0 Å². The van der Waals surface area contributed by atoms with Gasteiger partial charge in [0.15, 0.2) is 0 Å². The molecule has 3 N–H and O–H groups in total. The lowest BCUT2D eigenvalue weighted by Gasteiger charge is -2.22. The largest absolute Gasteiger partial charge is 0.496 e. The van der Waals surface area contributed by atoms with E-state index in [0.29, 0.717) is 6.42 Å². The summed E-state index contributed by atoms with van der Waals surface area (Å²) in [5, 5.41) is 9.72. The summed E-state index contributed by atoms with van der Waals surface area (Å²) in [6, 6.07) is -0.258. The third kappa shape index (κ3) is 2.57. The normalized spacial score (nSPS) is 12.6. The van der Waals surface area contributed by atoms with Gasteiger partial charge in [0.05, 0.1) is 7.11 Å². The molecule has 0 saturated carbocycles. The van der Waals surface area contributed by atoms with Crippen molar-refractivity contribution < 1.29 is 9.84 Å². The van der Waals surface area contributed by atoms with Crippen LogP contribution in [0.25, 0.3) is 0 Å². The van der Waals surface area contributed by atoms with Crippen molar-refractivity contribution in [2.45, 2.75) is 33.2 Å². The molecule has 0 radical (unpaired) electrons. The molecule has 0 spiro atoms. The molecule has 17 heavy (non-hydrogen) atoms. The number of hydrogen-bond acceptors (Lipinski definition) is 3. The number of rotatable bonds is 4. The molecule has 0 heterocycles. The fourth-order valence-electron chi connectivity index (χ4n) is 2.10. The molecule has 3 nitrogen and oxygen atoms in total. The van der Waals surface area contributed by atoms with Crippen molar-refractivity contribution >= 4 is 11.6 Å².